The van der Waals surface area contributed by atoms with Crippen LogP contribution in [0.1, 0.15) is 34.6 Å². The van der Waals surface area contributed by atoms with Gasteiger partial charge in [0.25, 0.3) is 0 Å². The van der Waals surface area contributed by atoms with Gasteiger partial charge in [-0.15, -0.1) is 0 Å². The number of alkyl halides is 6. The third-order valence-electron chi connectivity index (χ3n) is 6.31. The first-order valence-corrected chi connectivity index (χ1v) is 18.5. The molecule has 54 heavy (non-hydrogen) atoms. The van der Waals surface area contributed by atoms with E-state index in [0.717, 1.165) is 12.6 Å². The zero-order chi connectivity index (χ0) is 40.7. The molecule has 0 heterocycles. The molecule has 0 amide bonds. The molecule has 0 aliphatic heterocycles. The van der Waals surface area contributed by atoms with E-state index in [1.54, 1.807) is 12.1 Å². The zero-order valence-corrected chi connectivity index (χ0v) is 33.3. The van der Waals surface area contributed by atoms with E-state index in [4.69, 9.17) is 30.3 Å². The minimum Gasteiger partial charge on any atom is -0.542 e. The minimum atomic E-state index is -5.19. The second kappa shape index (κ2) is 26.6. The molecular formula is C38H39F6N3O4P2Pd. The Bertz CT molecular complexity index is 1500. The number of carbonyl (C=O) groups excluding carboxylic acids is 2. The number of carboxylic acid groups (broad SMARTS) is 2. The summed E-state index contributed by atoms with van der Waals surface area (Å²) >= 11 is 0. The van der Waals surface area contributed by atoms with Gasteiger partial charge in [-0.25, -0.2) is 0 Å². The molecule has 292 valence electrons. The number of carboxylic acids is 2. The zero-order valence-electron chi connectivity index (χ0n) is 29.9. The Morgan fingerprint density at radius 1 is 0.556 bits per heavy atom. The molecule has 0 spiro atoms. The minimum absolute atomic E-state index is 0. The number of benzene rings is 4. The van der Waals surface area contributed by atoms with Crippen molar-refractivity contribution in [3.05, 3.63) is 121 Å². The van der Waals surface area contributed by atoms with Crippen LogP contribution in [-0.4, -0.2) is 47.3 Å². The molecule has 0 N–H and O–H groups in total. The van der Waals surface area contributed by atoms with Crippen LogP contribution in [0.3, 0.4) is 0 Å². The van der Waals surface area contributed by atoms with Crippen LogP contribution in [0, 0.1) is 22.7 Å². The summed E-state index contributed by atoms with van der Waals surface area (Å²) in [5.41, 5.74) is 0.0638. The fourth-order valence-corrected chi connectivity index (χ4v) is 9.13. The van der Waals surface area contributed by atoms with Crippen molar-refractivity contribution in [3.8, 4) is 12.1 Å². The first-order chi connectivity index (χ1) is 24.7. The predicted molar refractivity (Wildman–Crippen MR) is 194 cm³/mol. The molecule has 0 saturated heterocycles. The number of hydrogen-bond acceptors (Lipinski definition) is 7. The predicted octanol–water partition coefficient (Wildman–Crippen LogP) is 5.92. The van der Waals surface area contributed by atoms with Gasteiger partial charge in [-0.05, 0) is 57.8 Å². The number of nitriles is 2. The van der Waals surface area contributed by atoms with E-state index < -0.39 is 40.1 Å². The van der Waals surface area contributed by atoms with Crippen LogP contribution in [-0.2, 0) is 30.0 Å². The molecular weight excluding hydrogens is 845 g/mol. The van der Waals surface area contributed by atoms with E-state index in [-0.39, 0.29) is 26.0 Å². The van der Waals surface area contributed by atoms with Gasteiger partial charge in [0.05, 0.1) is 12.1 Å². The monoisotopic (exact) mass is 883 g/mol. The van der Waals surface area contributed by atoms with Crippen molar-refractivity contribution in [1.82, 2.24) is 4.90 Å². The summed E-state index contributed by atoms with van der Waals surface area (Å²) in [4.78, 5) is 20.3. The van der Waals surface area contributed by atoms with Crippen LogP contribution >= 0.6 is 15.8 Å². The Kier molecular flexibility index (Phi) is 25.6. The molecule has 0 saturated carbocycles. The Balaban J connectivity index is 0. The smallest absolute Gasteiger partial charge is 0.542 e. The number of halogens is 6. The molecule has 4 aromatic rings. The maximum atomic E-state index is 10.5. The van der Waals surface area contributed by atoms with E-state index in [2.05, 4.69) is 147 Å². The van der Waals surface area contributed by atoms with Crippen LogP contribution in [0.15, 0.2) is 121 Å². The summed E-state index contributed by atoms with van der Waals surface area (Å²) in [7, 11) is -0.973. The second-order valence-corrected chi connectivity index (χ2v) is 15.6. The van der Waals surface area contributed by atoms with Crippen molar-refractivity contribution in [2.24, 2.45) is 0 Å². The van der Waals surface area contributed by atoms with Gasteiger partial charge in [0.1, 0.15) is 11.9 Å². The third kappa shape index (κ3) is 21.5. The number of aliphatic carboxylic acids is 2. The van der Waals surface area contributed by atoms with Crippen LogP contribution in [0.25, 0.3) is 0 Å². The summed E-state index contributed by atoms with van der Waals surface area (Å²) in [6, 6.07) is 47.8. The molecule has 0 atom stereocenters. The van der Waals surface area contributed by atoms with Gasteiger partial charge in [-0.2, -0.15) is 36.9 Å². The van der Waals surface area contributed by atoms with Crippen molar-refractivity contribution in [3.63, 3.8) is 0 Å². The molecule has 0 fully saturated rings. The molecule has 0 unspecified atom stereocenters. The Morgan fingerprint density at radius 2 is 0.722 bits per heavy atom. The summed E-state index contributed by atoms with van der Waals surface area (Å²) in [5, 5.41) is 38.0. The number of hydrogen-bond donors (Lipinski definition) is 0. The molecule has 4 aromatic carbocycles. The van der Waals surface area contributed by atoms with Gasteiger partial charge < -0.3 is 19.8 Å². The van der Waals surface area contributed by atoms with Gasteiger partial charge in [-0.3, -0.25) is 4.90 Å². The number of nitrogens with zero attached hydrogens (tertiary/aromatic N) is 3. The van der Waals surface area contributed by atoms with E-state index in [1.165, 1.54) is 35.1 Å². The molecule has 0 radical (unpaired) electrons. The quantitative estimate of drug-likeness (QED) is 0.122. The topological polar surface area (TPSA) is 131 Å². The summed E-state index contributed by atoms with van der Waals surface area (Å²) in [6.45, 7) is 9.94. The van der Waals surface area contributed by atoms with Crippen molar-refractivity contribution in [2.45, 2.75) is 52.5 Å². The fourth-order valence-electron chi connectivity index (χ4n) is 3.87. The first kappa shape index (κ1) is 52.0. The Labute approximate surface area is 328 Å². The van der Waals surface area contributed by atoms with E-state index >= 15 is 0 Å². The average molecular weight is 884 g/mol. The van der Waals surface area contributed by atoms with Gasteiger partial charge in [0.15, 0.2) is 0 Å². The van der Waals surface area contributed by atoms with Gasteiger partial charge in [0.2, 0.25) is 0 Å². The van der Waals surface area contributed by atoms with Crippen LogP contribution in [0.2, 0.25) is 0 Å². The maximum absolute atomic E-state index is 10.5. The standard InChI is InChI=1S/C30H33NP2.2C2HF3O2.2C2H3N.Pd/c1-30(2,3)31(24-32(26-16-8-4-9-17-26)27-18-10-5-11-19-27)25-33(28-20-12-6-13-21-28)29-22-14-7-15-23-29;2*3-2(4,5)1(6)7;2*1-2-3;/h4-23H,24-25H2,1-3H3;2*(H,6,7);2*1H3;/q;;;;;+2/p-2. The molecule has 16 heteroatoms. The van der Waals surface area contributed by atoms with Crippen LogP contribution in [0.5, 0.6) is 0 Å². The van der Waals surface area contributed by atoms with Gasteiger partial charge in [0, 0.05) is 32.0 Å². The number of rotatable bonds is 8. The van der Waals surface area contributed by atoms with Crippen LogP contribution in [0.4, 0.5) is 26.3 Å². The molecule has 0 bridgehead atoms. The normalized spacial score (nSPS) is 10.5. The number of carbonyl (C=O) groups is 2. The Morgan fingerprint density at radius 3 is 0.852 bits per heavy atom. The fraction of sp³-hybridized carbons (Fsp3) is 0.263. The summed E-state index contributed by atoms with van der Waals surface area (Å²) in [6.07, 6.45) is -8.29. The molecule has 0 aliphatic rings. The summed E-state index contributed by atoms with van der Waals surface area (Å²) < 4.78 is 63.1. The molecule has 0 aliphatic carbocycles. The van der Waals surface area contributed by atoms with Crippen molar-refractivity contribution in [2.75, 3.05) is 12.6 Å². The summed E-state index contributed by atoms with van der Waals surface area (Å²) in [5.74, 6) is -6.01. The second-order valence-electron chi connectivity index (χ2n) is 11.2. The van der Waals surface area contributed by atoms with Crippen LogP contribution < -0.4 is 31.4 Å². The largest absolute Gasteiger partial charge is 2.00 e. The average Bonchev–Trinajstić information content (AvgIpc) is 3.10. The third-order valence-corrected chi connectivity index (χ3v) is 11.2. The van der Waals surface area contributed by atoms with Crippen molar-refractivity contribution >= 4 is 49.0 Å². The van der Waals surface area contributed by atoms with Crippen molar-refractivity contribution < 1.29 is 66.6 Å². The first-order valence-electron chi connectivity index (χ1n) is 15.4. The van der Waals surface area contributed by atoms with E-state index in [9.17, 15) is 26.3 Å². The molecule has 4 rings (SSSR count). The molecule has 0 aromatic heterocycles. The Hall–Kier alpha value is -4.14. The van der Waals surface area contributed by atoms with Crippen molar-refractivity contribution in [1.29, 1.82) is 10.5 Å². The van der Waals surface area contributed by atoms with E-state index in [0.29, 0.717) is 0 Å². The van der Waals surface area contributed by atoms with Gasteiger partial charge in [-0.1, -0.05) is 121 Å². The SMILES string of the molecule is CC#N.CC#N.CC(C)(C)N(CP(c1ccccc1)c1ccccc1)CP(c1ccccc1)c1ccccc1.O=C([O-])C(F)(F)F.O=C([O-])C(F)(F)F.[Pd+2]. The van der Waals surface area contributed by atoms with E-state index in [1.807, 2.05) is 0 Å². The molecule has 7 nitrogen and oxygen atoms in total. The van der Waals surface area contributed by atoms with Gasteiger partial charge >= 0.3 is 32.8 Å². The maximum Gasteiger partial charge on any atom is 2.00 e.